The summed E-state index contributed by atoms with van der Waals surface area (Å²) in [7, 11) is 0. The normalized spacial score (nSPS) is 14.5. The number of allylic oxidation sites excluding steroid dienone is 2. The minimum absolute atomic E-state index is 0.181. The number of carbonyl (C=O) groups is 1. The molecule has 9 nitrogen and oxygen atoms in total. The highest BCUT2D eigenvalue weighted by molar-refractivity contribution is 5.94. The van der Waals surface area contributed by atoms with E-state index >= 15 is 0 Å². The maximum absolute atomic E-state index is 12.7. The van der Waals surface area contributed by atoms with Crippen LogP contribution in [0.3, 0.4) is 0 Å². The van der Waals surface area contributed by atoms with E-state index in [9.17, 15) is 20.1 Å². The predicted molar refractivity (Wildman–Crippen MR) is 112 cm³/mol. The molecule has 0 bridgehead atoms. The summed E-state index contributed by atoms with van der Waals surface area (Å²) in [6.45, 7) is 1.15. The van der Waals surface area contributed by atoms with Crippen LogP contribution in [-0.4, -0.2) is 67.7 Å². The van der Waals surface area contributed by atoms with E-state index in [-0.39, 0.29) is 31.7 Å². The van der Waals surface area contributed by atoms with E-state index in [1.807, 2.05) is 25.2 Å². The summed E-state index contributed by atoms with van der Waals surface area (Å²) in [5.41, 5.74) is 2.13. The van der Waals surface area contributed by atoms with Crippen LogP contribution in [0.2, 0.25) is 0 Å². The number of aliphatic hydroxyl groups is 3. The lowest BCUT2D eigenvalue weighted by Crippen LogP contribution is -2.38. The molecule has 1 unspecified atom stereocenters. The number of rotatable bonds is 9. The van der Waals surface area contributed by atoms with Crippen LogP contribution < -0.4 is 10.6 Å². The van der Waals surface area contributed by atoms with Crippen LogP contribution in [0, 0.1) is 6.92 Å². The first kappa shape index (κ1) is 21.7. The summed E-state index contributed by atoms with van der Waals surface area (Å²) in [4.78, 5) is 21.3. The van der Waals surface area contributed by atoms with Gasteiger partial charge in [0.25, 0.3) is 5.91 Å². The minimum atomic E-state index is -0.565. The van der Waals surface area contributed by atoms with Gasteiger partial charge in [-0.3, -0.25) is 4.79 Å². The Morgan fingerprint density at radius 3 is 2.70 bits per heavy atom. The Kier molecular flexibility index (Phi) is 7.34. The zero-order valence-electron chi connectivity index (χ0n) is 16.8. The quantitative estimate of drug-likeness (QED) is 0.409. The number of aryl methyl sites for hydroxylation is 1. The van der Waals surface area contributed by atoms with Crippen molar-refractivity contribution in [3.8, 4) is 5.82 Å². The van der Waals surface area contributed by atoms with Crippen molar-refractivity contribution in [2.24, 2.45) is 0 Å². The maximum atomic E-state index is 12.7. The van der Waals surface area contributed by atoms with Crippen LogP contribution in [0.5, 0.6) is 0 Å². The molecular formula is C21H27N5O4. The van der Waals surface area contributed by atoms with Gasteiger partial charge in [-0.15, -0.1) is 0 Å². The molecule has 1 aliphatic carbocycles. The van der Waals surface area contributed by atoms with Gasteiger partial charge in [-0.2, -0.15) is 4.98 Å². The molecule has 1 amide bonds. The smallest absolute Gasteiger partial charge is 0.253 e. The molecule has 1 aliphatic rings. The Morgan fingerprint density at radius 1 is 1.23 bits per heavy atom. The van der Waals surface area contributed by atoms with Crippen molar-refractivity contribution in [2.75, 3.05) is 25.1 Å². The highest BCUT2D eigenvalue weighted by atomic mass is 16.3. The first-order valence-corrected chi connectivity index (χ1v) is 9.84. The van der Waals surface area contributed by atoms with Crippen molar-refractivity contribution in [3.05, 3.63) is 59.6 Å². The molecule has 0 aromatic carbocycles. The molecule has 2 aromatic rings. The molecule has 0 spiro atoms. The number of carbonyl (C=O) groups excluding carboxylic acids is 1. The second-order valence-electron chi connectivity index (χ2n) is 7.11. The SMILES string of the molecule is Cc1cnc(NC(CO)CO)nc1-n1ccc(C(=O)NC(CO)C2=CCCC=C2)c1. The molecule has 5 N–H and O–H groups in total. The van der Waals surface area contributed by atoms with E-state index in [1.165, 1.54) is 0 Å². The van der Waals surface area contributed by atoms with Gasteiger partial charge in [0.1, 0.15) is 5.82 Å². The lowest BCUT2D eigenvalue weighted by molar-refractivity contribution is 0.0927. The molecule has 0 radical (unpaired) electrons. The minimum Gasteiger partial charge on any atom is -0.394 e. The number of nitrogens with zero attached hydrogens (tertiary/aromatic N) is 3. The van der Waals surface area contributed by atoms with E-state index in [4.69, 9.17) is 0 Å². The summed E-state index contributed by atoms with van der Waals surface area (Å²) in [6, 6.07) is 0.654. The first-order valence-electron chi connectivity index (χ1n) is 9.84. The molecule has 3 rings (SSSR count). The standard InChI is InChI=1S/C21H27N5O4/c1-14-9-22-21(23-17(11-27)12-28)25-19(14)26-8-7-16(10-26)20(30)24-18(13-29)15-5-3-2-4-6-15/h3,5-10,17-18,27-29H,2,4,11-13H2,1H3,(H,24,30)(H,22,23,25). The second-order valence-corrected chi connectivity index (χ2v) is 7.11. The molecule has 9 heteroatoms. The maximum Gasteiger partial charge on any atom is 0.253 e. The zero-order chi connectivity index (χ0) is 21.5. The van der Waals surface area contributed by atoms with Crippen molar-refractivity contribution >= 4 is 11.9 Å². The van der Waals surface area contributed by atoms with E-state index in [1.54, 1.807) is 29.2 Å². The van der Waals surface area contributed by atoms with Gasteiger partial charge < -0.3 is 30.5 Å². The van der Waals surface area contributed by atoms with Gasteiger partial charge in [-0.1, -0.05) is 18.2 Å². The van der Waals surface area contributed by atoms with Gasteiger partial charge in [-0.05, 0) is 31.4 Å². The van der Waals surface area contributed by atoms with Crippen molar-refractivity contribution < 1.29 is 20.1 Å². The third-order valence-electron chi connectivity index (χ3n) is 4.83. The van der Waals surface area contributed by atoms with E-state index in [2.05, 4.69) is 20.6 Å². The number of aromatic nitrogens is 3. The Morgan fingerprint density at radius 2 is 2.03 bits per heavy atom. The number of amides is 1. The highest BCUT2D eigenvalue weighted by Crippen LogP contribution is 2.17. The molecule has 2 aromatic heterocycles. The van der Waals surface area contributed by atoms with Crippen LogP contribution in [0.4, 0.5) is 5.95 Å². The summed E-state index contributed by atoms with van der Waals surface area (Å²) < 4.78 is 1.71. The van der Waals surface area contributed by atoms with Crippen LogP contribution in [0.25, 0.3) is 5.82 Å². The molecule has 0 saturated heterocycles. The zero-order valence-corrected chi connectivity index (χ0v) is 16.8. The molecule has 1 atom stereocenters. The van der Waals surface area contributed by atoms with E-state index < -0.39 is 12.1 Å². The van der Waals surface area contributed by atoms with Crippen LogP contribution in [0.1, 0.15) is 28.8 Å². The van der Waals surface area contributed by atoms with Gasteiger partial charge in [0.2, 0.25) is 5.95 Å². The second kappa shape index (κ2) is 10.1. The topological polar surface area (TPSA) is 133 Å². The summed E-state index contributed by atoms with van der Waals surface area (Å²) in [5, 5.41) is 33.9. The molecule has 0 saturated carbocycles. The fourth-order valence-electron chi connectivity index (χ4n) is 3.13. The van der Waals surface area contributed by atoms with Gasteiger partial charge >= 0.3 is 0 Å². The van der Waals surface area contributed by atoms with E-state index in [0.717, 1.165) is 24.0 Å². The largest absolute Gasteiger partial charge is 0.394 e. The third kappa shape index (κ3) is 5.12. The van der Waals surface area contributed by atoms with Gasteiger partial charge in [-0.25, -0.2) is 4.98 Å². The fourth-order valence-corrected chi connectivity index (χ4v) is 3.13. The van der Waals surface area contributed by atoms with Crippen molar-refractivity contribution in [3.63, 3.8) is 0 Å². The number of aliphatic hydroxyl groups excluding tert-OH is 3. The van der Waals surface area contributed by atoms with Crippen LogP contribution in [0.15, 0.2) is 48.5 Å². The molecule has 0 fully saturated rings. The van der Waals surface area contributed by atoms with Gasteiger partial charge in [0.15, 0.2) is 0 Å². The number of anilines is 1. The molecule has 160 valence electrons. The van der Waals surface area contributed by atoms with Crippen LogP contribution >= 0.6 is 0 Å². The monoisotopic (exact) mass is 413 g/mol. The van der Waals surface area contributed by atoms with Crippen molar-refractivity contribution in [1.29, 1.82) is 0 Å². The van der Waals surface area contributed by atoms with Crippen molar-refractivity contribution in [1.82, 2.24) is 19.9 Å². The number of hydrogen-bond acceptors (Lipinski definition) is 7. The van der Waals surface area contributed by atoms with Gasteiger partial charge in [0, 0.05) is 24.2 Å². The Bertz CT molecular complexity index is 933. The lowest BCUT2D eigenvalue weighted by Gasteiger charge is -2.19. The molecule has 2 heterocycles. The van der Waals surface area contributed by atoms with E-state index in [0.29, 0.717) is 11.4 Å². The fraction of sp³-hybridized carbons (Fsp3) is 0.381. The lowest BCUT2D eigenvalue weighted by atomic mass is 10.0. The number of hydrogen-bond donors (Lipinski definition) is 5. The predicted octanol–water partition coefficient (Wildman–Crippen LogP) is 0.708. The van der Waals surface area contributed by atoms with Crippen molar-refractivity contribution in [2.45, 2.75) is 31.8 Å². The molecule has 0 aliphatic heterocycles. The van der Waals surface area contributed by atoms with Gasteiger partial charge in [0.05, 0.1) is 37.5 Å². The highest BCUT2D eigenvalue weighted by Gasteiger charge is 2.18. The average Bonchev–Trinajstić information content (AvgIpc) is 3.27. The third-order valence-corrected chi connectivity index (χ3v) is 4.83. The number of nitrogens with one attached hydrogen (secondary N) is 2. The first-order chi connectivity index (χ1) is 14.5. The van der Waals surface area contributed by atoms with Crippen LogP contribution in [-0.2, 0) is 0 Å². The summed E-state index contributed by atoms with van der Waals surface area (Å²) in [5.74, 6) is 0.538. The Labute approximate surface area is 174 Å². The Hall–Kier alpha value is -3.01. The Balaban J connectivity index is 1.76. The average molecular weight is 413 g/mol. The molecule has 30 heavy (non-hydrogen) atoms. The summed E-state index contributed by atoms with van der Waals surface area (Å²) >= 11 is 0. The summed E-state index contributed by atoms with van der Waals surface area (Å²) in [6.07, 6.45) is 12.8. The molecular weight excluding hydrogens is 386 g/mol.